The molecule has 22 heavy (non-hydrogen) atoms. The van der Waals surface area contributed by atoms with E-state index in [0.717, 1.165) is 43.4 Å². The largest absolute Gasteiger partial charge is 0.325 e. The normalized spacial score (nSPS) is 15.9. The number of hydrogen-bond donors (Lipinski definition) is 1. The third kappa shape index (κ3) is 6.13. The number of nitrogens with one attached hydrogen (secondary N) is 1. The molecule has 0 saturated carbocycles. The summed E-state index contributed by atoms with van der Waals surface area (Å²) >= 11 is 0. The summed E-state index contributed by atoms with van der Waals surface area (Å²) in [4.78, 5) is 14.0. The van der Waals surface area contributed by atoms with Gasteiger partial charge in [-0.05, 0) is 50.0 Å². The Hall–Kier alpha value is -1.44. The average molecular weight is 326 g/mol. The number of amides is 1. The summed E-state index contributed by atoms with van der Waals surface area (Å²) in [7, 11) is -3.39. The molecule has 1 aromatic carbocycles. The third-order valence-corrected chi connectivity index (χ3v) is 4.09. The second kappa shape index (κ2) is 7.71. The van der Waals surface area contributed by atoms with E-state index in [0.29, 0.717) is 13.0 Å². The van der Waals surface area contributed by atoms with Crippen LogP contribution in [0.15, 0.2) is 24.3 Å². The topological polar surface area (TPSA) is 75.7 Å². The summed E-state index contributed by atoms with van der Waals surface area (Å²) in [6.45, 7) is 2.54. The van der Waals surface area contributed by atoms with Crippen LogP contribution in [0.2, 0.25) is 0 Å². The van der Waals surface area contributed by atoms with Crippen molar-refractivity contribution >= 4 is 21.7 Å². The molecule has 1 aliphatic heterocycles. The van der Waals surface area contributed by atoms with Crippen LogP contribution in [0.1, 0.15) is 18.4 Å². The molecule has 122 valence electrons. The van der Waals surface area contributed by atoms with Crippen molar-refractivity contribution in [3.63, 3.8) is 0 Å². The predicted molar refractivity (Wildman–Crippen MR) is 85.2 cm³/mol. The molecule has 7 heteroatoms. The van der Waals surface area contributed by atoms with E-state index in [9.17, 15) is 13.2 Å². The number of nitrogens with zero attached hydrogens (tertiary/aromatic N) is 1. The highest BCUT2D eigenvalue weighted by molar-refractivity contribution is 7.85. The Bertz CT molecular complexity index is 592. The van der Waals surface area contributed by atoms with Gasteiger partial charge >= 0.3 is 0 Å². The van der Waals surface area contributed by atoms with E-state index in [4.69, 9.17) is 4.18 Å². The smallest absolute Gasteiger partial charge is 0.264 e. The maximum Gasteiger partial charge on any atom is 0.264 e. The first-order valence-corrected chi connectivity index (χ1v) is 9.19. The van der Waals surface area contributed by atoms with Gasteiger partial charge in [0.2, 0.25) is 5.91 Å². The number of rotatable bonds is 7. The van der Waals surface area contributed by atoms with Crippen LogP contribution in [-0.2, 0) is 25.5 Å². The lowest BCUT2D eigenvalue weighted by molar-refractivity contribution is -0.117. The summed E-state index contributed by atoms with van der Waals surface area (Å²) in [5.74, 6) is -0.00457. The molecule has 0 radical (unpaired) electrons. The molecule has 0 unspecified atom stereocenters. The van der Waals surface area contributed by atoms with Crippen LogP contribution in [0.25, 0.3) is 0 Å². The van der Waals surface area contributed by atoms with Crippen molar-refractivity contribution in [3.05, 3.63) is 29.8 Å². The second-order valence-electron chi connectivity index (χ2n) is 5.50. The van der Waals surface area contributed by atoms with Crippen LogP contribution in [0.4, 0.5) is 5.69 Å². The number of carbonyl (C=O) groups excluding carboxylic acids is 1. The first-order valence-electron chi connectivity index (χ1n) is 7.38. The summed E-state index contributed by atoms with van der Waals surface area (Å²) in [5.41, 5.74) is 1.71. The number of anilines is 1. The third-order valence-electron chi connectivity index (χ3n) is 3.49. The SMILES string of the molecule is CS(=O)(=O)OCCc1ccc(NC(=O)CN2CCCC2)cc1. The van der Waals surface area contributed by atoms with Gasteiger partial charge in [0.05, 0.1) is 19.4 Å². The standard InChI is InChI=1S/C15H22N2O4S/c1-22(19,20)21-11-8-13-4-6-14(7-5-13)16-15(18)12-17-9-2-3-10-17/h4-7H,2-3,8-12H2,1H3,(H,16,18). The van der Waals surface area contributed by atoms with Crippen LogP contribution in [0.5, 0.6) is 0 Å². The van der Waals surface area contributed by atoms with Crippen molar-refractivity contribution in [3.8, 4) is 0 Å². The van der Waals surface area contributed by atoms with Gasteiger partial charge in [-0.1, -0.05) is 12.1 Å². The van der Waals surface area contributed by atoms with Crippen LogP contribution < -0.4 is 5.32 Å². The van der Waals surface area contributed by atoms with Crippen LogP contribution in [0, 0.1) is 0 Å². The summed E-state index contributed by atoms with van der Waals surface area (Å²) < 4.78 is 26.4. The zero-order valence-corrected chi connectivity index (χ0v) is 13.6. The lowest BCUT2D eigenvalue weighted by Gasteiger charge is -2.14. The van der Waals surface area contributed by atoms with Gasteiger partial charge in [0.1, 0.15) is 0 Å². The van der Waals surface area contributed by atoms with Crippen LogP contribution >= 0.6 is 0 Å². The molecule has 1 aromatic rings. The Kier molecular flexibility index (Phi) is 5.93. The Morgan fingerprint density at radius 3 is 2.45 bits per heavy atom. The fraction of sp³-hybridized carbons (Fsp3) is 0.533. The van der Waals surface area contributed by atoms with Crippen molar-refractivity contribution in [1.82, 2.24) is 4.90 Å². The van der Waals surface area contributed by atoms with Crippen molar-refractivity contribution in [2.24, 2.45) is 0 Å². The monoisotopic (exact) mass is 326 g/mol. The molecule has 0 aliphatic carbocycles. The Morgan fingerprint density at radius 2 is 1.86 bits per heavy atom. The van der Waals surface area contributed by atoms with E-state index in [1.54, 1.807) is 0 Å². The van der Waals surface area contributed by atoms with E-state index in [-0.39, 0.29) is 12.5 Å². The highest BCUT2D eigenvalue weighted by atomic mass is 32.2. The number of likely N-dealkylation sites (tertiary alicyclic amines) is 1. The maximum atomic E-state index is 11.9. The van der Waals surface area contributed by atoms with Crippen molar-refractivity contribution in [2.75, 3.05) is 37.8 Å². The van der Waals surface area contributed by atoms with E-state index in [2.05, 4.69) is 10.2 Å². The van der Waals surface area contributed by atoms with Crippen molar-refractivity contribution < 1.29 is 17.4 Å². The zero-order valence-electron chi connectivity index (χ0n) is 12.7. The summed E-state index contributed by atoms with van der Waals surface area (Å²) in [5, 5.41) is 2.87. The number of hydrogen-bond acceptors (Lipinski definition) is 5. The van der Waals surface area contributed by atoms with Gasteiger partial charge in [-0.2, -0.15) is 8.42 Å². The minimum atomic E-state index is -3.39. The number of benzene rings is 1. The first kappa shape index (κ1) is 16.9. The van der Waals surface area contributed by atoms with Crippen LogP contribution in [0.3, 0.4) is 0 Å². The molecule has 2 rings (SSSR count). The molecule has 1 fully saturated rings. The molecule has 1 amide bonds. The van der Waals surface area contributed by atoms with Gasteiger partial charge in [-0.25, -0.2) is 0 Å². The number of carbonyl (C=O) groups is 1. The van der Waals surface area contributed by atoms with Crippen molar-refractivity contribution in [1.29, 1.82) is 0 Å². The van der Waals surface area contributed by atoms with E-state index in [1.165, 1.54) is 0 Å². The minimum Gasteiger partial charge on any atom is -0.325 e. The lowest BCUT2D eigenvalue weighted by Crippen LogP contribution is -2.30. The molecule has 6 nitrogen and oxygen atoms in total. The highest BCUT2D eigenvalue weighted by Crippen LogP contribution is 2.12. The van der Waals surface area contributed by atoms with Gasteiger partial charge in [-0.15, -0.1) is 0 Å². The predicted octanol–water partition coefficient (Wildman–Crippen LogP) is 1.24. The summed E-state index contributed by atoms with van der Waals surface area (Å²) in [6.07, 6.45) is 3.87. The molecular weight excluding hydrogens is 304 g/mol. The Balaban J connectivity index is 1.77. The van der Waals surface area contributed by atoms with Gasteiger partial charge in [0.15, 0.2) is 0 Å². The zero-order chi connectivity index (χ0) is 16.0. The minimum absolute atomic E-state index is 0.00457. The highest BCUT2D eigenvalue weighted by Gasteiger charge is 2.14. The van der Waals surface area contributed by atoms with Gasteiger partial charge in [0.25, 0.3) is 10.1 Å². The van der Waals surface area contributed by atoms with Gasteiger partial charge in [-0.3, -0.25) is 13.9 Å². The molecule has 1 aliphatic rings. The average Bonchev–Trinajstić information content (AvgIpc) is 2.92. The maximum absolute atomic E-state index is 11.9. The second-order valence-corrected chi connectivity index (χ2v) is 7.15. The summed E-state index contributed by atoms with van der Waals surface area (Å²) in [6, 6.07) is 7.35. The molecule has 0 bridgehead atoms. The molecule has 0 atom stereocenters. The van der Waals surface area contributed by atoms with Gasteiger partial charge < -0.3 is 5.32 Å². The Morgan fingerprint density at radius 1 is 1.23 bits per heavy atom. The first-order chi connectivity index (χ1) is 10.4. The van der Waals surface area contributed by atoms with Gasteiger partial charge in [0, 0.05) is 5.69 Å². The van der Waals surface area contributed by atoms with E-state index >= 15 is 0 Å². The van der Waals surface area contributed by atoms with E-state index in [1.807, 2.05) is 24.3 Å². The lowest BCUT2D eigenvalue weighted by atomic mass is 10.1. The molecule has 1 heterocycles. The van der Waals surface area contributed by atoms with E-state index < -0.39 is 10.1 Å². The van der Waals surface area contributed by atoms with Crippen molar-refractivity contribution in [2.45, 2.75) is 19.3 Å². The molecule has 0 spiro atoms. The molecular formula is C15H22N2O4S. The quantitative estimate of drug-likeness (QED) is 0.763. The van der Waals surface area contributed by atoms with Crippen LogP contribution in [-0.4, -0.2) is 51.7 Å². The molecule has 1 N–H and O–H groups in total. The fourth-order valence-electron chi connectivity index (χ4n) is 2.41. The fourth-order valence-corrected chi connectivity index (χ4v) is 2.80. The molecule has 1 saturated heterocycles. The molecule has 0 aromatic heterocycles. The Labute approximate surface area is 131 Å².